The minimum Gasteiger partial charge on any atom is -0.376 e. The summed E-state index contributed by atoms with van der Waals surface area (Å²) in [6, 6.07) is 6.10. The molecule has 0 amide bonds. The third-order valence-electron chi connectivity index (χ3n) is 4.33. The second kappa shape index (κ2) is 6.23. The number of halogens is 1. The van der Waals surface area contributed by atoms with Gasteiger partial charge in [-0.3, -0.25) is 11.3 Å². The van der Waals surface area contributed by atoms with E-state index in [9.17, 15) is 0 Å². The van der Waals surface area contributed by atoms with Gasteiger partial charge in [-0.15, -0.1) is 0 Å². The highest BCUT2D eigenvalue weighted by Gasteiger charge is 2.40. The number of rotatable bonds is 4. The Bertz CT molecular complexity index is 430. The first kappa shape index (κ1) is 14.8. The molecule has 2 rings (SSSR count). The first-order valence-corrected chi connectivity index (χ1v) is 7.28. The maximum Gasteiger partial charge on any atom is 0.0885 e. The van der Waals surface area contributed by atoms with E-state index in [0.29, 0.717) is 0 Å². The maximum absolute atomic E-state index is 6.23. The van der Waals surface area contributed by atoms with Gasteiger partial charge in [-0.2, -0.15) is 0 Å². The minimum atomic E-state index is -0.217. The summed E-state index contributed by atoms with van der Waals surface area (Å²) < 4.78 is 5.87. The van der Waals surface area contributed by atoms with Crippen molar-refractivity contribution in [2.24, 2.45) is 5.84 Å². The number of hydrogen-bond acceptors (Lipinski definition) is 3. The molecule has 1 saturated carbocycles. The fraction of sp³-hybridized carbons (Fsp3) is 0.600. The predicted molar refractivity (Wildman–Crippen MR) is 79.1 cm³/mol. The number of benzene rings is 1. The molecule has 1 aromatic carbocycles. The van der Waals surface area contributed by atoms with Crippen molar-refractivity contribution >= 4 is 11.6 Å². The lowest BCUT2D eigenvalue weighted by Gasteiger charge is -2.42. The SMILES string of the molecule is COC1(C(NN)c2ccc(C)c(Cl)c2)CCCCC1. The van der Waals surface area contributed by atoms with E-state index in [-0.39, 0.29) is 11.6 Å². The van der Waals surface area contributed by atoms with E-state index in [1.807, 2.05) is 19.1 Å². The summed E-state index contributed by atoms with van der Waals surface area (Å²) in [6.07, 6.45) is 5.71. The molecular weight excluding hydrogens is 260 g/mol. The fourth-order valence-electron chi connectivity index (χ4n) is 3.10. The van der Waals surface area contributed by atoms with Crippen molar-refractivity contribution < 1.29 is 4.74 Å². The van der Waals surface area contributed by atoms with E-state index in [1.165, 1.54) is 19.3 Å². The van der Waals surface area contributed by atoms with Gasteiger partial charge in [0.1, 0.15) is 0 Å². The van der Waals surface area contributed by atoms with Crippen LogP contribution in [0.15, 0.2) is 18.2 Å². The molecule has 4 heteroatoms. The highest BCUT2D eigenvalue weighted by Crippen LogP contribution is 2.41. The summed E-state index contributed by atoms with van der Waals surface area (Å²) >= 11 is 6.23. The number of aryl methyl sites for hydroxylation is 1. The molecule has 1 aliphatic carbocycles. The molecule has 0 radical (unpaired) electrons. The molecule has 1 aromatic rings. The summed E-state index contributed by atoms with van der Waals surface area (Å²) in [4.78, 5) is 0. The van der Waals surface area contributed by atoms with Crippen LogP contribution in [0, 0.1) is 6.92 Å². The highest BCUT2D eigenvalue weighted by molar-refractivity contribution is 6.31. The van der Waals surface area contributed by atoms with E-state index in [0.717, 1.165) is 29.0 Å². The molecular formula is C15H23ClN2O. The molecule has 1 fully saturated rings. The Kier molecular flexibility index (Phi) is 4.85. The van der Waals surface area contributed by atoms with Gasteiger partial charge in [-0.1, -0.05) is 43.0 Å². The van der Waals surface area contributed by atoms with Crippen LogP contribution in [0.25, 0.3) is 0 Å². The Morgan fingerprint density at radius 1 is 1.32 bits per heavy atom. The van der Waals surface area contributed by atoms with Crippen LogP contribution >= 0.6 is 11.6 Å². The molecule has 1 atom stereocenters. The molecule has 0 aromatic heterocycles. The predicted octanol–water partition coefficient (Wildman–Crippen LogP) is 3.50. The van der Waals surface area contributed by atoms with Gasteiger partial charge in [0.25, 0.3) is 0 Å². The Morgan fingerprint density at radius 3 is 2.53 bits per heavy atom. The maximum atomic E-state index is 6.23. The second-order valence-electron chi connectivity index (χ2n) is 5.44. The Morgan fingerprint density at radius 2 is 2.00 bits per heavy atom. The molecule has 0 bridgehead atoms. The Hall–Kier alpha value is -0.610. The van der Waals surface area contributed by atoms with E-state index in [4.69, 9.17) is 22.2 Å². The number of hydrogen-bond donors (Lipinski definition) is 2. The van der Waals surface area contributed by atoms with Gasteiger partial charge in [0.15, 0.2) is 0 Å². The van der Waals surface area contributed by atoms with Crippen LogP contribution in [0.3, 0.4) is 0 Å². The van der Waals surface area contributed by atoms with Gasteiger partial charge >= 0.3 is 0 Å². The fourth-order valence-corrected chi connectivity index (χ4v) is 3.29. The van der Waals surface area contributed by atoms with Crippen LogP contribution in [0.2, 0.25) is 5.02 Å². The van der Waals surface area contributed by atoms with Crippen molar-refractivity contribution in [3.05, 3.63) is 34.3 Å². The molecule has 106 valence electrons. The number of ether oxygens (including phenoxy) is 1. The largest absolute Gasteiger partial charge is 0.376 e. The van der Waals surface area contributed by atoms with Crippen molar-refractivity contribution in [2.45, 2.75) is 50.7 Å². The van der Waals surface area contributed by atoms with Gasteiger partial charge in [0, 0.05) is 12.1 Å². The van der Waals surface area contributed by atoms with Gasteiger partial charge in [-0.05, 0) is 37.0 Å². The molecule has 19 heavy (non-hydrogen) atoms. The molecule has 1 unspecified atom stereocenters. The summed E-state index contributed by atoms with van der Waals surface area (Å²) in [7, 11) is 1.78. The summed E-state index contributed by atoms with van der Waals surface area (Å²) in [5, 5.41) is 0.778. The molecule has 0 aliphatic heterocycles. The van der Waals surface area contributed by atoms with E-state index >= 15 is 0 Å². The van der Waals surface area contributed by atoms with Crippen LogP contribution < -0.4 is 11.3 Å². The molecule has 3 N–H and O–H groups in total. The average Bonchev–Trinajstić information content (AvgIpc) is 2.44. The third-order valence-corrected chi connectivity index (χ3v) is 4.74. The lowest BCUT2D eigenvalue weighted by Crippen LogP contribution is -2.49. The number of nitrogens with two attached hydrogens (primary N) is 1. The van der Waals surface area contributed by atoms with Gasteiger partial charge < -0.3 is 4.74 Å². The van der Waals surface area contributed by atoms with Crippen molar-refractivity contribution in [1.82, 2.24) is 5.43 Å². The third kappa shape index (κ3) is 2.95. The summed E-state index contributed by atoms with van der Waals surface area (Å²) in [6.45, 7) is 2.00. The number of nitrogens with one attached hydrogen (secondary N) is 1. The number of methoxy groups -OCH3 is 1. The van der Waals surface area contributed by atoms with Crippen LogP contribution in [-0.2, 0) is 4.74 Å². The van der Waals surface area contributed by atoms with Crippen LogP contribution in [0.5, 0.6) is 0 Å². The zero-order valence-corrected chi connectivity index (χ0v) is 12.5. The first-order valence-electron chi connectivity index (χ1n) is 6.90. The lowest BCUT2D eigenvalue weighted by molar-refractivity contribution is -0.0688. The summed E-state index contributed by atoms with van der Waals surface area (Å²) in [5.41, 5.74) is 4.91. The molecule has 0 saturated heterocycles. The molecule has 1 aliphatic rings. The van der Waals surface area contributed by atoms with E-state index < -0.39 is 0 Å². The highest BCUT2D eigenvalue weighted by atomic mass is 35.5. The quantitative estimate of drug-likeness (QED) is 0.656. The molecule has 0 heterocycles. The van der Waals surface area contributed by atoms with Crippen LogP contribution in [0.4, 0.5) is 0 Å². The molecule has 3 nitrogen and oxygen atoms in total. The van der Waals surface area contributed by atoms with Crippen LogP contribution in [0.1, 0.15) is 49.3 Å². The van der Waals surface area contributed by atoms with Crippen molar-refractivity contribution in [2.75, 3.05) is 7.11 Å². The lowest BCUT2D eigenvalue weighted by atomic mass is 9.77. The smallest absolute Gasteiger partial charge is 0.0885 e. The second-order valence-corrected chi connectivity index (χ2v) is 5.85. The average molecular weight is 283 g/mol. The van der Waals surface area contributed by atoms with Crippen LogP contribution in [-0.4, -0.2) is 12.7 Å². The standard InChI is InChI=1S/C15H23ClN2O/c1-11-6-7-12(10-13(11)16)14(18-17)15(19-2)8-4-3-5-9-15/h6-7,10,14,18H,3-5,8-9,17H2,1-2H3. The number of hydrazine groups is 1. The molecule has 0 spiro atoms. The zero-order chi connectivity index (χ0) is 13.9. The van der Waals surface area contributed by atoms with Crippen molar-refractivity contribution in [1.29, 1.82) is 0 Å². The first-order chi connectivity index (χ1) is 9.13. The monoisotopic (exact) mass is 282 g/mol. The van der Waals surface area contributed by atoms with Crippen molar-refractivity contribution in [3.63, 3.8) is 0 Å². The topological polar surface area (TPSA) is 47.3 Å². The Labute approximate surface area is 120 Å². The normalized spacial score (nSPS) is 20.2. The van der Waals surface area contributed by atoms with E-state index in [2.05, 4.69) is 11.5 Å². The minimum absolute atomic E-state index is 0.0177. The van der Waals surface area contributed by atoms with Gasteiger partial charge in [0.05, 0.1) is 11.6 Å². The van der Waals surface area contributed by atoms with Gasteiger partial charge in [-0.25, -0.2) is 0 Å². The van der Waals surface area contributed by atoms with E-state index in [1.54, 1.807) is 7.11 Å². The zero-order valence-electron chi connectivity index (χ0n) is 11.7. The Balaban J connectivity index is 2.33. The van der Waals surface area contributed by atoms with Crippen molar-refractivity contribution in [3.8, 4) is 0 Å². The van der Waals surface area contributed by atoms with Gasteiger partial charge in [0.2, 0.25) is 0 Å². The summed E-state index contributed by atoms with van der Waals surface area (Å²) in [5.74, 6) is 5.81.